The van der Waals surface area contributed by atoms with Crippen LogP contribution in [0.15, 0.2) is 34.2 Å². The average Bonchev–Trinajstić information content (AvgIpc) is 3.51. The van der Waals surface area contributed by atoms with Crippen LogP contribution in [0.2, 0.25) is 0 Å². The van der Waals surface area contributed by atoms with Gasteiger partial charge in [0.05, 0.1) is 49.9 Å². The lowest BCUT2D eigenvalue weighted by Gasteiger charge is -2.41. The molecule has 6 rings (SSSR count). The molecule has 42 heavy (non-hydrogen) atoms. The van der Waals surface area contributed by atoms with E-state index < -0.39 is 0 Å². The molecule has 1 aromatic heterocycles. The van der Waals surface area contributed by atoms with Crippen LogP contribution in [0.1, 0.15) is 67.3 Å². The van der Waals surface area contributed by atoms with Gasteiger partial charge in [-0.15, -0.1) is 0 Å². The summed E-state index contributed by atoms with van der Waals surface area (Å²) in [6.45, 7) is 4.45. The maximum absolute atomic E-state index is 13.9. The minimum Gasteiger partial charge on any atom is -0.469 e. The number of methoxy groups -OCH3 is 1. The third-order valence-corrected chi connectivity index (χ3v) is 10.5. The van der Waals surface area contributed by atoms with Crippen molar-refractivity contribution in [2.24, 2.45) is 5.92 Å². The number of ether oxygens (including phenoxy) is 2. The number of benzene rings is 1. The van der Waals surface area contributed by atoms with E-state index in [2.05, 4.69) is 4.90 Å². The Kier molecular flexibility index (Phi) is 9.31. The molecule has 3 fully saturated rings. The van der Waals surface area contributed by atoms with Crippen molar-refractivity contribution >= 4 is 23.6 Å². The lowest BCUT2D eigenvalue weighted by molar-refractivity contribution is -0.142. The Labute approximate surface area is 251 Å². The zero-order valence-corrected chi connectivity index (χ0v) is 25.4. The van der Waals surface area contributed by atoms with E-state index in [9.17, 15) is 14.4 Å². The number of likely N-dealkylation sites (tertiary alicyclic amines) is 1. The van der Waals surface area contributed by atoms with Gasteiger partial charge in [-0.2, -0.15) is 0 Å². The highest BCUT2D eigenvalue weighted by molar-refractivity contribution is 7.99. The van der Waals surface area contributed by atoms with E-state index in [0.717, 1.165) is 48.0 Å². The molecule has 2 aromatic rings. The van der Waals surface area contributed by atoms with Gasteiger partial charge in [0.15, 0.2) is 5.16 Å². The Morgan fingerprint density at radius 2 is 1.81 bits per heavy atom. The Bertz CT molecular complexity index is 1330. The van der Waals surface area contributed by atoms with Gasteiger partial charge in [-0.3, -0.25) is 23.9 Å². The Morgan fingerprint density at radius 3 is 2.52 bits per heavy atom. The number of carbonyl (C=O) groups excluding carboxylic acids is 2. The lowest BCUT2D eigenvalue weighted by atomic mass is 9.95. The quantitative estimate of drug-likeness (QED) is 0.321. The van der Waals surface area contributed by atoms with Crippen molar-refractivity contribution in [3.05, 3.63) is 57.0 Å². The number of rotatable bonds is 9. The van der Waals surface area contributed by atoms with Gasteiger partial charge < -0.3 is 14.4 Å². The summed E-state index contributed by atoms with van der Waals surface area (Å²) in [4.78, 5) is 48.1. The van der Waals surface area contributed by atoms with Gasteiger partial charge in [0.1, 0.15) is 0 Å². The minimum atomic E-state index is -0.247. The van der Waals surface area contributed by atoms with E-state index >= 15 is 0 Å². The molecule has 0 N–H and O–H groups in total. The van der Waals surface area contributed by atoms with Crippen LogP contribution in [-0.4, -0.2) is 75.9 Å². The minimum absolute atomic E-state index is 0.0113. The summed E-state index contributed by atoms with van der Waals surface area (Å²) in [6, 6.07) is 7.98. The van der Waals surface area contributed by atoms with E-state index in [1.54, 1.807) is 11.8 Å². The van der Waals surface area contributed by atoms with Crippen LogP contribution in [0.3, 0.4) is 0 Å². The molecule has 4 aliphatic rings. The van der Waals surface area contributed by atoms with Gasteiger partial charge in [0, 0.05) is 44.5 Å². The van der Waals surface area contributed by atoms with E-state index in [1.165, 1.54) is 39.2 Å². The van der Waals surface area contributed by atoms with Crippen molar-refractivity contribution in [3.8, 4) is 0 Å². The van der Waals surface area contributed by atoms with E-state index in [-0.39, 0.29) is 35.9 Å². The molecule has 2 saturated heterocycles. The third-order valence-electron chi connectivity index (χ3n) is 9.14. The largest absolute Gasteiger partial charge is 0.469 e. The highest BCUT2D eigenvalue weighted by atomic mass is 32.2. The highest BCUT2D eigenvalue weighted by Gasteiger charge is 2.37. The zero-order valence-electron chi connectivity index (χ0n) is 24.6. The Balaban J connectivity index is 1.09. The van der Waals surface area contributed by atoms with Crippen molar-refractivity contribution in [3.63, 3.8) is 0 Å². The second-order valence-corrected chi connectivity index (χ2v) is 13.5. The first-order valence-electron chi connectivity index (χ1n) is 15.5. The van der Waals surface area contributed by atoms with Crippen LogP contribution < -0.4 is 5.56 Å². The van der Waals surface area contributed by atoms with Crippen molar-refractivity contribution in [2.75, 3.05) is 33.4 Å². The molecule has 1 aromatic carbocycles. The van der Waals surface area contributed by atoms with Crippen LogP contribution >= 0.6 is 11.8 Å². The second-order valence-electron chi connectivity index (χ2n) is 12.2. The average molecular weight is 595 g/mol. The molecule has 1 amide bonds. The number of nitrogens with zero attached hydrogens (tertiary/aromatic N) is 4. The number of amides is 1. The molecular weight excluding hydrogens is 552 g/mol. The standard InChI is InChI=1S/C32H42N4O5S/c1-40-29(37)16-22-9-11-23(12-10-22)17-34-18-24(19-34)30(38)35-14-13-28-27(21-35)31(39)36(20-25-6-5-15-41-25)32(33-28)42-26-7-3-2-4-8-26/h9-12,24-26H,2-8,13-21H2,1H3. The van der Waals surface area contributed by atoms with Gasteiger partial charge in [-0.05, 0) is 36.8 Å². The summed E-state index contributed by atoms with van der Waals surface area (Å²) in [5.74, 6) is -0.159. The SMILES string of the molecule is COC(=O)Cc1ccc(CN2CC(C(=O)N3CCc4nc(SC5CCCCC5)n(CC5CCCO5)c(=O)c4C3)C2)cc1. The van der Waals surface area contributed by atoms with Gasteiger partial charge in [0.2, 0.25) is 5.91 Å². The van der Waals surface area contributed by atoms with E-state index in [4.69, 9.17) is 14.5 Å². The molecule has 1 saturated carbocycles. The first-order chi connectivity index (χ1) is 20.5. The Hall–Kier alpha value is -2.69. The first kappa shape index (κ1) is 29.4. The van der Waals surface area contributed by atoms with Crippen molar-refractivity contribution < 1.29 is 19.1 Å². The number of esters is 1. The molecule has 226 valence electrons. The molecule has 1 aliphatic carbocycles. The number of thioether (sulfide) groups is 1. The number of aromatic nitrogens is 2. The van der Waals surface area contributed by atoms with Gasteiger partial charge in [0.25, 0.3) is 5.56 Å². The molecule has 0 radical (unpaired) electrons. The fourth-order valence-electron chi connectivity index (χ4n) is 6.63. The van der Waals surface area contributed by atoms with Crippen molar-refractivity contribution in [1.29, 1.82) is 0 Å². The molecular formula is C32H42N4O5S. The first-order valence-corrected chi connectivity index (χ1v) is 16.4. The summed E-state index contributed by atoms with van der Waals surface area (Å²) in [7, 11) is 1.40. The predicted molar refractivity (Wildman–Crippen MR) is 160 cm³/mol. The highest BCUT2D eigenvalue weighted by Crippen LogP contribution is 2.34. The van der Waals surface area contributed by atoms with Gasteiger partial charge in [-0.1, -0.05) is 55.3 Å². The van der Waals surface area contributed by atoms with Crippen LogP contribution in [0.5, 0.6) is 0 Å². The van der Waals surface area contributed by atoms with Crippen LogP contribution in [0.4, 0.5) is 0 Å². The zero-order chi connectivity index (χ0) is 29.1. The number of carbonyl (C=O) groups is 2. The van der Waals surface area contributed by atoms with Gasteiger partial charge in [-0.25, -0.2) is 4.98 Å². The van der Waals surface area contributed by atoms with Gasteiger partial charge >= 0.3 is 5.97 Å². The number of fused-ring (bicyclic) bond motifs is 1. The Morgan fingerprint density at radius 1 is 1.05 bits per heavy atom. The van der Waals surface area contributed by atoms with Crippen molar-refractivity contribution in [1.82, 2.24) is 19.4 Å². The maximum Gasteiger partial charge on any atom is 0.309 e. The van der Waals surface area contributed by atoms with E-state index in [0.29, 0.717) is 50.0 Å². The van der Waals surface area contributed by atoms with E-state index in [1.807, 2.05) is 33.7 Å². The lowest BCUT2D eigenvalue weighted by Crippen LogP contribution is -2.55. The molecule has 4 heterocycles. The topological polar surface area (TPSA) is 94.0 Å². The molecule has 0 spiro atoms. The smallest absolute Gasteiger partial charge is 0.309 e. The summed E-state index contributed by atoms with van der Waals surface area (Å²) in [5.41, 5.74) is 3.65. The summed E-state index contributed by atoms with van der Waals surface area (Å²) < 4.78 is 12.5. The fraction of sp³-hybridized carbons (Fsp3) is 0.625. The second kappa shape index (κ2) is 13.3. The number of hydrogen-bond donors (Lipinski definition) is 0. The normalized spacial score (nSPS) is 21.6. The summed E-state index contributed by atoms with van der Waals surface area (Å²) in [5, 5.41) is 1.36. The summed E-state index contributed by atoms with van der Waals surface area (Å²) >= 11 is 1.78. The van der Waals surface area contributed by atoms with Crippen molar-refractivity contribution in [2.45, 2.75) is 93.9 Å². The molecule has 3 aliphatic heterocycles. The molecule has 0 bridgehead atoms. The van der Waals surface area contributed by atoms with Crippen LogP contribution in [0, 0.1) is 5.92 Å². The fourth-order valence-corrected chi connectivity index (χ4v) is 7.94. The predicted octanol–water partition coefficient (Wildman–Crippen LogP) is 3.58. The summed E-state index contributed by atoms with van der Waals surface area (Å²) in [6.07, 6.45) is 9.11. The molecule has 1 unspecified atom stereocenters. The van der Waals surface area contributed by atoms with Crippen LogP contribution in [-0.2, 0) is 51.5 Å². The number of hydrogen-bond acceptors (Lipinski definition) is 8. The molecule has 1 atom stereocenters. The monoisotopic (exact) mass is 594 g/mol. The van der Waals surface area contributed by atoms with Crippen LogP contribution in [0.25, 0.3) is 0 Å². The maximum atomic E-state index is 13.9. The third kappa shape index (κ3) is 6.76. The molecule has 10 heteroatoms. The molecule has 9 nitrogen and oxygen atoms in total.